The van der Waals surface area contributed by atoms with Crippen LogP contribution in [0.3, 0.4) is 0 Å². The molecule has 22 aromatic rings. The Bertz CT molecular complexity index is 6620. The summed E-state index contributed by atoms with van der Waals surface area (Å²) in [5.74, 6) is 0. The van der Waals surface area contributed by atoms with Gasteiger partial charge in [0.05, 0.1) is 91.2 Å². The maximum Gasteiger partial charge on any atom is 0.218 e. The number of nitrogens with zero attached hydrogens (tertiary/aromatic N) is 8. The highest BCUT2D eigenvalue weighted by molar-refractivity contribution is 6.33. The zero-order chi connectivity index (χ0) is 68.7. The number of fused-ring (bicyclic) bond motifs is 28. The third-order valence-corrected chi connectivity index (χ3v) is 22.4. The zero-order valence-electron chi connectivity index (χ0n) is 55.4. The molecule has 8 heteroatoms. The van der Waals surface area contributed by atoms with E-state index in [0.29, 0.717) is 22.7 Å². The summed E-state index contributed by atoms with van der Waals surface area (Å²) in [7, 11) is 0. The largest absolute Gasteiger partial charge is 0.319 e. The van der Waals surface area contributed by atoms with Crippen LogP contribution in [-0.4, -0.2) is 18.3 Å². The van der Waals surface area contributed by atoms with E-state index in [1.54, 1.807) is 0 Å². The van der Waals surface area contributed by atoms with Crippen molar-refractivity contribution < 1.29 is 0 Å². The molecular formula is C96H50N8. The monoisotopic (exact) mass is 1310 g/mol. The Kier molecular flexibility index (Phi) is 11.7. The van der Waals surface area contributed by atoms with Crippen LogP contribution in [0.25, 0.3) is 217 Å². The van der Waals surface area contributed by atoms with E-state index in [2.05, 4.69) is 322 Å². The van der Waals surface area contributed by atoms with Gasteiger partial charge in [0.25, 0.3) is 0 Å². The molecule has 22 rings (SSSR count). The van der Waals surface area contributed by atoms with Gasteiger partial charge in [0.2, 0.25) is 11.4 Å². The molecule has 0 aliphatic heterocycles. The second-order valence-electron chi connectivity index (χ2n) is 27.3. The molecule has 0 saturated heterocycles. The van der Waals surface area contributed by atoms with E-state index in [-0.39, 0.29) is 33.6 Å². The SMILES string of the molecule is [C-]#[N+]c1c(-n2c3ccc4ccccc4c3c3c4ccccc4ccc32)cc(-n2c3ccc4ccccc4c3c3c4ccccc4ccc32)c(C#N)c1-c1c(C#N)c(-n2c3ccc4ccccc4c3c3c4ccccc4ccc32)cc(-n2c3ccc4ccccc4c3c3c4ccccc4ccc32)c1[N+]#[C-]. The third-order valence-electron chi connectivity index (χ3n) is 22.4. The summed E-state index contributed by atoms with van der Waals surface area (Å²) in [5.41, 5.74) is 9.43. The van der Waals surface area contributed by atoms with E-state index in [0.717, 1.165) is 173 Å². The average molecular weight is 1320 g/mol. The Labute approximate surface area is 593 Å². The molecule has 0 atom stereocenters. The molecular weight excluding hydrogens is 1270 g/mol. The quantitative estimate of drug-likeness (QED) is 0.161. The molecule has 0 saturated carbocycles. The molecule has 4 aromatic heterocycles. The Balaban J connectivity index is 0.997. The molecule has 0 amide bonds. The minimum absolute atomic E-state index is 0.102. The minimum Gasteiger partial charge on any atom is -0.319 e. The van der Waals surface area contributed by atoms with E-state index in [9.17, 15) is 23.7 Å². The highest BCUT2D eigenvalue weighted by Gasteiger charge is 2.35. The number of benzene rings is 18. The predicted octanol–water partition coefficient (Wildman–Crippen LogP) is 25.8. The van der Waals surface area contributed by atoms with Gasteiger partial charge in [0.1, 0.15) is 12.1 Å². The Hall–Kier alpha value is -14.8. The van der Waals surface area contributed by atoms with Crippen molar-refractivity contribution in [3.8, 4) is 46.0 Å². The van der Waals surface area contributed by atoms with Gasteiger partial charge in [-0.05, 0) is 147 Å². The van der Waals surface area contributed by atoms with E-state index in [1.807, 2.05) is 12.1 Å². The number of hydrogen-bond acceptors (Lipinski definition) is 2. The first-order chi connectivity index (χ1) is 51.5. The first-order valence-corrected chi connectivity index (χ1v) is 34.8. The summed E-state index contributed by atoms with van der Waals surface area (Å²) in [6.07, 6.45) is 0. The van der Waals surface area contributed by atoms with E-state index < -0.39 is 0 Å². The van der Waals surface area contributed by atoms with Crippen LogP contribution in [0.4, 0.5) is 11.4 Å². The second kappa shape index (κ2) is 21.4. The van der Waals surface area contributed by atoms with Crippen molar-refractivity contribution in [1.29, 1.82) is 10.5 Å². The molecule has 0 unspecified atom stereocenters. The van der Waals surface area contributed by atoms with Gasteiger partial charge in [-0.15, -0.1) is 0 Å². The fourth-order valence-electron chi connectivity index (χ4n) is 18.2. The molecule has 18 aromatic carbocycles. The molecule has 0 fully saturated rings. The fourth-order valence-corrected chi connectivity index (χ4v) is 18.2. The third kappa shape index (κ3) is 7.54. The van der Waals surface area contributed by atoms with Crippen molar-refractivity contribution in [2.24, 2.45) is 0 Å². The topological polar surface area (TPSA) is 76.0 Å². The molecule has 4 heterocycles. The lowest BCUT2D eigenvalue weighted by Crippen LogP contribution is -2.08. The highest BCUT2D eigenvalue weighted by Crippen LogP contribution is 2.56. The van der Waals surface area contributed by atoms with Gasteiger partial charge in [-0.3, -0.25) is 0 Å². The van der Waals surface area contributed by atoms with Gasteiger partial charge >= 0.3 is 0 Å². The Morgan fingerprint density at radius 1 is 0.221 bits per heavy atom. The number of nitriles is 2. The first kappa shape index (κ1) is 57.1. The van der Waals surface area contributed by atoms with Crippen LogP contribution in [-0.2, 0) is 0 Å². The van der Waals surface area contributed by atoms with Gasteiger partial charge in [0.15, 0.2) is 0 Å². The lowest BCUT2D eigenvalue weighted by Gasteiger charge is -2.24. The number of aromatic nitrogens is 4. The molecule has 474 valence electrons. The summed E-state index contributed by atoms with van der Waals surface area (Å²) < 4.78 is 8.85. The molecule has 0 aliphatic carbocycles. The van der Waals surface area contributed by atoms with Crippen LogP contribution in [0.2, 0.25) is 0 Å². The molecule has 0 N–H and O–H groups in total. The summed E-state index contributed by atoms with van der Waals surface area (Å²) in [5, 5.41) is 50.9. The van der Waals surface area contributed by atoms with Gasteiger partial charge in [-0.1, -0.05) is 243 Å². The zero-order valence-corrected chi connectivity index (χ0v) is 55.4. The number of hydrogen-bond donors (Lipinski definition) is 0. The van der Waals surface area contributed by atoms with E-state index in [4.69, 9.17) is 9.69 Å². The maximum atomic E-state index is 13.0. The lowest BCUT2D eigenvalue weighted by atomic mass is 9.89. The minimum atomic E-state index is 0.102. The molecule has 104 heavy (non-hydrogen) atoms. The van der Waals surface area contributed by atoms with Gasteiger partial charge in [0, 0.05) is 54.2 Å². The molecule has 8 nitrogen and oxygen atoms in total. The van der Waals surface area contributed by atoms with Crippen LogP contribution < -0.4 is 0 Å². The van der Waals surface area contributed by atoms with Crippen molar-refractivity contribution >= 4 is 185 Å². The standard InChI is InChI=1S/C96H50N8/c1-99-95-83(103-77-47-39-59-23-7-15-31-67(59)89(77)90-68-32-16-8-24-60(68)40-48-78(90)103)51-81(101-73-43-35-55-19-3-11-27-63(55)85(73)86-64-28-12-4-20-56(64)36-44-74(86)101)71(53-97)93(95)94-72(54-98)82(102-75-45-37-57-21-5-13-29-65(57)87(75)88-66-30-14-6-22-58(66)38-46-76(88)102)52-84(96(94)100-2)104-79-49-41-61-25-9-17-33-69(61)91(79)92-70-34-18-10-26-62(70)42-50-80(92)104/h3-52H. The Morgan fingerprint density at radius 2 is 0.394 bits per heavy atom. The van der Waals surface area contributed by atoms with Crippen LogP contribution in [0, 0.1) is 35.8 Å². The maximum absolute atomic E-state index is 13.0. The average Bonchev–Trinajstić information content (AvgIpc) is 1.56. The van der Waals surface area contributed by atoms with Crippen molar-refractivity contribution in [3.63, 3.8) is 0 Å². The van der Waals surface area contributed by atoms with Gasteiger partial charge in [-0.25, -0.2) is 9.69 Å². The fraction of sp³-hybridized carbons (Fsp3) is 0. The molecule has 0 bridgehead atoms. The summed E-state index contributed by atoms with van der Waals surface area (Å²) in [4.78, 5) is 9.59. The van der Waals surface area contributed by atoms with Crippen molar-refractivity contribution in [3.05, 3.63) is 337 Å². The van der Waals surface area contributed by atoms with Crippen LogP contribution in [0.15, 0.2) is 303 Å². The molecule has 0 aliphatic rings. The molecule has 0 spiro atoms. The predicted molar refractivity (Wildman–Crippen MR) is 431 cm³/mol. The molecule has 0 radical (unpaired) electrons. The highest BCUT2D eigenvalue weighted by atomic mass is 15.1. The van der Waals surface area contributed by atoms with Crippen molar-refractivity contribution in [2.75, 3.05) is 0 Å². The summed E-state index contributed by atoms with van der Waals surface area (Å²) in [6, 6.07) is 112. The number of rotatable bonds is 5. The van der Waals surface area contributed by atoms with Crippen molar-refractivity contribution in [2.45, 2.75) is 0 Å². The second-order valence-corrected chi connectivity index (χ2v) is 27.3. The van der Waals surface area contributed by atoms with Crippen molar-refractivity contribution in [1.82, 2.24) is 18.3 Å². The van der Waals surface area contributed by atoms with Gasteiger partial charge in [-0.2, -0.15) is 10.5 Å². The van der Waals surface area contributed by atoms with E-state index in [1.165, 1.54) is 0 Å². The van der Waals surface area contributed by atoms with Gasteiger partial charge < -0.3 is 18.3 Å². The van der Waals surface area contributed by atoms with E-state index >= 15 is 0 Å². The summed E-state index contributed by atoms with van der Waals surface area (Å²) >= 11 is 0. The normalized spacial score (nSPS) is 12.0. The first-order valence-electron chi connectivity index (χ1n) is 34.8. The van der Waals surface area contributed by atoms with Crippen LogP contribution in [0.5, 0.6) is 0 Å². The smallest absolute Gasteiger partial charge is 0.218 e. The van der Waals surface area contributed by atoms with Crippen LogP contribution >= 0.6 is 0 Å². The summed E-state index contributed by atoms with van der Waals surface area (Å²) in [6.45, 7) is 20.2. The lowest BCUT2D eigenvalue weighted by molar-refractivity contribution is 1.12. The van der Waals surface area contributed by atoms with Crippen LogP contribution in [0.1, 0.15) is 11.1 Å². The Morgan fingerprint density at radius 3 is 0.567 bits per heavy atom.